The van der Waals surface area contributed by atoms with E-state index < -0.39 is 11.9 Å². The highest BCUT2D eigenvalue weighted by Crippen LogP contribution is 2.25. The fourth-order valence-electron chi connectivity index (χ4n) is 1.94. The molecule has 0 spiro atoms. The number of rotatable bonds is 4. The largest absolute Gasteiger partial charge is 0.480 e. The minimum Gasteiger partial charge on any atom is -0.480 e. The van der Waals surface area contributed by atoms with Gasteiger partial charge >= 0.3 is 5.97 Å². The van der Waals surface area contributed by atoms with Crippen LogP contribution in [-0.2, 0) is 4.79 Å². The lowest BCUT2D eigenvalue weighted by Crippen LogP contribution is -2.44. The summed E-state index contributed by atoms with van der Waals surface area (Å²) in [6.45, 7) is 7.50. The van der Waals surface area contributed by atoms with Crippen molar-refractivity contribution < 1.29 is 14.7 Å². The molecule has 1 aromatic rings. The molecule has 5 heteroatoms. The topological polar surface area (TPSA) is 83.6 Å². The molecule has 1 amide bonds. The maximum Gasteiger partial charge on any atom is 0.323 e. The third-order valence-electron chi connectivity index (χ3n) is 2.89. The predicted octanol–water partition coefficient (Wildman–Crippen LogP) is 1.78. The number of amides is 1. The Hall–Kier alpha value is -2.04. The summed E-state index contributed by atoms with van der Waals surface area (Å²) in [6.07, 6.45) is 0. The van der Waals surface area contributed by atoms with E-state index in [9.17, 15) is 9.59 Å². The molecule has 0 radical (unpaired) electrons. The zero-order valence-corrected chi connectivity index (χ0v) is 11.7. The molecule has 0 saturated carbocycles. The first-order valence-electron chi connectivity index (χ1n) is 6.03. The second kappa shape index (κ2) is 5.30. The molecule has 0 atom stereocenters. The van der Waals surface area contributed by atoms with Crippen molar-refractivity contribution in [2.24, 2.45) is 5.73 Å². The van der Waals surface area contributed by atoms with E-state index in [1.54, 1.807) is 30.0 Å². The van der Waals surface area contributed by atoms with Crippen LogP contribution in [0.5, 0.6) is 0 Å². The van der Waals surface area contributed by atoms with Crippen LogP contribution in [0.15, 0.2) is 18.2 Å². The van der Waals surface area contributed by atoms with Crippen LogP contribution in [0.3, 0.4) is 0 Å². The SMILES string of the molecule is Cc1cc(N(CC(=O)O)C(C)(C)C)ccc1C(N)=O. The number of primary amides is 1. The third-order valence-corrected chi connectivity index (χ3v) is 2.89. The minimum atomic E-state index is -0.897. The zero-order chi connectivity index (χ0) is 14.8. The van der Waals surface area contributed by atoms with Crippen LogP contribution in [0.25, 0.3) is 0 Å². The van der Waals surface area contributed by atoms with Crippen molar-refractivity contribution in [2.75, 3.05) is 11.4 Å². The van der Waals surface area contributed by atoms with Gasteiger partial charge in [0, 0.05) is 16.8 Å². The molecule has 0 unspecified atom stereocenters. The number of carboxylic acid groups (broad SMARTS) is 1. The number of nitrogens with zero attached hydrogens (tertiary/aromatic N) is 1. The van der Waals surface area contributed by atoms with Gasteiger partial charge < -0.3 is 15.7 Å². The fraction of sp³-hybridized carbons (Fsp3) is 0.429. The number of aliphatic carboxylic acids is 1. The van der Waals surface area contributed by atoms with E-state index in [0.29, 0.717) is 5.56 Å². The van der Waals surface area contributed by atoms with Crippen LogP contribution in [0.4, 0.5) is 5.69 Å². The first kappa shape index (κ1) is 15.0. The molecule has 0 aromatic heterocycles. The number of carbonyl (C=O) groups is 2. The van der Waals surface area contributed by atoms with Crippen molar-refractivity contribution in [1.29, 1.82) is 0 Å². The quantitative estimate of drug-likeness (QED) is 0.868. The van der Waals surface area contributed by atoms with Gasteiger partial charge in [0.15, 0.2) is 0 Å². The second-order valence-electron chi connectivity index (χ2n) is 5.51. The number of hydrogen-bond donors (Lipinski definition) is 2. The Bertz CT molecular complexity index is 504. The summed E-state index contributed by atoms with van der Waals surface area (Å²) < 4.78 is 0. The van der Waals surface area contributed by atoms with Crippen molar-refractivity contribution in [2.45, 2.75) is 33.2 Å². The van der Waals surface area contributed by atoms with Crippen LogP contribution < -0.4 is 10.6 Å². The number of hydrogen-bond acceptors (Lipinski definition) is 3. The van der Waals surface area contributed by atoms with Crippen molar-refractivity contribution in [3.05, 3.63) is 29.3 Å². The minimum absolute atomic E-state index is 0.0984. The first-order chi connectivity index (χ1) is 8.62. The van der Waals surface area contributed by atoms with Gasteiger partial charge in [-0.1, -0.05) is 0 Å². The number of carboxylic acids is 1. The molecule has 5 nitrogen and oxygen atoms in total. The second-order valence-corrected chi connectivity index (χ2v) is 5.51. The molecule has 1 rings (SSSR count). The highest BCUT2D eigenvalue weighted by atomic mass is 16.4. The average Bonchev–Trinajstić information content (AvgIpc) is 2.23. The third kappa shape index (κ3) is 3.71. The standard InChI is InChI=1S/C14H20N2O3/c1-9-7-10(5-6-11(9)13(15)19)16(8-12(17)18)14(2,3)4/h5-7H,8H2,1-4H3,(H2,15,19)(H,17,18). The molecule has 0 aliphatic rings. The number of benzene rings is 1. The van der Waals surface area contributed by atoms with Crippen LogP contribution in [0.1, 0.15) is 36.7 Å². The summed E-state index contributed by atoms with van der Waals surface area (Å²) in [7, 11) is 0. The molecular formula is C14H20N2O3. The summed E-state index contributed by atoms with van der Waals surface area (Å²) in [5, 5.41) is 9.00. The summed E-state index contributed by atoms with van der Waals surface area (Å²) in [4.78, 5) is 23.9. The van der Waals surface area contributed by atoms with Crippen molar-refractivity contribution in [3.63, 3.8) is 0 Å². The average molecular weight is 264 g/mol. The highest BCUT2D eigenvalue weighted by Gasteiger charge is 2.24. The Morgan fingerprint density at radius 3 is 2.26 bits per heavy atom. The normalized spacial score (nSPS) is 11.2. The van der Waals surface area contributed by atoms with E-state index >= 15 is 0 Å². The van der Waals surface area contributed by atoms with E-state index in [-0.39, 0.29) is 12.1 Å². The Kier molecular flexibility index (Phi) is 4.19. The maximum atomic E-state index is 11.2. The Labute approximate surface area is 113 Å². The zero-order valence-electron chi connectivity index (χ0n) is 11.7. The first-order valence-corrected chi connectivity index (χ1v) is 6.03. The maximum absolute atomic E-state index is 11.2. The van der Waals surface area contributed by atoms with E-state index in [4.69, 9.17) is 10.8 Å². The molecule has 0 aliphatic carbocycles. The molecule has 0 fully saturated rings. The van der Waals surface area contributed by atoms with E-state index in [0.717, 1.165) is 11.3 Å². The predicted molar refractivity (Wildman–Crippen MR) is 74.4 cm³/mol. The van der Waals surface area contributed by atoms with Crippen molar-refractivity contribution >= 4 is 17.6 Å². The van der Waals surface area contributed by atoms with Gasteiger partial charge in [-0.2, -0.15) is 0 Å². The smallest absolute Gasteiger partial charge is 0.323 e. The molecule has 0 saturated heterocycles. The molecule has 104 valence electrons. The molecule has 0 bridgehead atoms. The lowest BCUT2D eigenvalue weighted by molar-refractivity contribution is -0.135. The summed E-state index contributed by atoms with van der Waals surface area (Å²) in [6, 6.07) is 5.14. The molecule has 3 N–H and O–H groups in total. The monoisotopic (exact) mass is 264 g/mol. The molecule has 0 heterocycles. The molecule has 19 heavy (non-hydrogen) atoms. The summed E-state index contributed by atoms with van der Waals surface area (Å²) >= 11 is 0. The van der Waals surface area contributed by atoms with Gasteiger partial charge in [0.2, 0.25) is 5.91 Å². The Morgan fingerprint density at radius 2 is 1.89 bits per heavy atom. The number of anilines is 1. The van der Waals surface area contributed by atoms with Gasteiger partial charge in [-0.25, -0.2) is 0 Å². The van der Waals surface area contributed by atoms with Gasteiger partial charge in [-0.15, -0.1) is 0 Å². The summed E-state index contributed by atoms with van der Waals surface area (Å²) in [5.74, 6) is -1.38. The Balaban J connectivity index is 3.21. The van der Waals surface area contributed by atoms with E-state index in [1.165, 1.54) is 0 Å². The number of nitrogens with two attached hydrogens (primary N) is 1. The van der Waals surface area contributed by atoms with Crippen LogP contribution in [-0.4, -0.2) is 29.1 Å². The number of carbonyl (C=O) groups excluding carboxylic acids is 1. The molecule has 0 aliphatic heterocycles. The van der Waals surface area contributed by atoms with Crippen LogP contribution in [0, 0.1) is 6.92 Å². The van der Waals surface area contributed by atoms with Crippen LogP contribution in [0.2, 0.25) is 0 Å². The lowest BCUT2D eigenvalue weighted by atomic mass is 10.0. The van der Waals surface area contributed by atoms with Crippen molar-refractivity contribution in [3.8, 4) is 0 Å². The van der Waals surface area contributed by atoms with Gasteiger partial charge in [0.1, 0.15) is 6.54 Å². The summed E-state index contributed by atoms with van der Waals surface area (Å²) in [5.41, 5.74) is 6.88. The van der Waals surface area contributed by atoms with E-state index in [1.807, 2.05) is 20.8 Å². The van der Waals surface area contributed by atoms with Crippen molar-refractivity contribution in [1.82, 2.24) is 0 Å². The molecular weight excluding hydrogens is 244 g/mol. The van der Waals surface area contributed by atoms with Gasteiger partial charge in [-0.05, 0) is 51.5 Å². The van der Waals surface area contributed by atoms with Gasteiger partial charge in [0.25, 0.3) is 0 Å². The van der Waals surface area contributed by atoms with E-state index in [2.05, 4.69) is 0 Å². The van der Waals surface area contributed by atoms with Crippen LogP contribution >= 0.6 is 0 Å². The molecule has 1 aromatic carbocycles. The van der Waals surface area contributed by atoms with Gasteiger partial charge in [-0.3, -0.25) is 9.59 Å². The lowest BCUT2D eigenvalue weighted by Gasteiger charge is -2.36. The van der Waals surface area contributed by atoms with Gasteiger partial charge in [0.05, 0.1) is 0 Å². The fourth-order valence-corrected chi connectivity index (χ4v) is 1.94. The highest BCUT2D eigenvalue weighted by molar-refractivity contribution is 5.94. The Morgan fingerprint density at radius 1 is 1.32 bits per heavy atom. The number of aryl methyl sites for hydroxylation is 1.